The fourth-order valence-electron chi connectivity index (χ4n) is 1.14. The van der Waals surface area contributed by atoms with Crippen molar-refractivity contribution >= 4 is 0 Å². The lowest BCUT2D eigenvalue weighted by Gasteiger charge is -2.06. The van der Waals surface area contributed by atoms with Crippen LogP contribution in [0.2, 0.25) is 0 Å². The van der Waals surface area contributed by atoms with E-state index in [2.05, 4.69) is 11.9 Å². The predicted octanol–water partition coefficient (Wildman–Crippen LogP) is 2.99. The number of ether oxygens (including phenoxy) is 1. The Hall–Kier alpha value is -1.05. The van der Waals surface area contributed by atoms with Crippen LogP contribution in [0.4, 0.5) is 0 Å². The van der Waals surface area contributed by atoms with Gasteiger partial charge in [0.25, 0.3) is 0 Å². The maximum Gasteiger partial charge on any atom is 0.125 e. The zero-order valence-electron chi connectivity index (χ0n) is 9.22. The molecule has 2 nitrogen and oxygen atoms in total. The number of nitrogens with zero attached hydrogens (tertiary/aromatic N) is 1. The molecule has 0 saturated carbocycles. The van der Waals surface area contributed by atoms with Gasteiger partial charge in [0.15, 0.2) is 0 Å². The molecule has 1 aromatic heterocycles. The maximum absolute atomic E-state index is 5.15. The van der Waals surface area contributed by atoms with Crippen LogP contribution in [0.3, 0.4) is 0 Å². The average molecular weight is 181 g/mol. The molecule has 0 atom stereocenters. The number of aryl methyl sites for hydroxylation is 1. The minimum Gasteiger partial charge on any atom is -0.496 e. The Kier molecular flexibility index (Phi) is 5.94. The van der Waals surface area contributed by atoms with Crippen LogP contribution in [0.25, 0.3) is 0 Å². The van der Waals surface area contributed by atoms with Crippen molar-refractivity contribution in [2.75, 3.05) is 7.11 Å². The molecular formula is C11H19NO. The third-order valence-corrected chi connectivity index (χ3v) is 1.81. The summed E-state index contributed by atoms with van der Waals surface area (Å²) >= 11 is 0. The van der Waals surface area contributed by atoms with Gasteiger partial charge in [0.2, 0.25) is 0 Å². The fourth-order valence-corrected chi connectivity index (χ4v) is 1.14. The van der Waals surface area contributed by atoms with Gasteiger partial charge in [-0.15, -0.1) is 0 Å². The Labute approximate surface area is 81.0 Å². The number of hydrogen-bond donors (Lipinski definition) is 0. The number of pyridine rings is 1. The molecule has 13 heavy (non-hydrogen) atoms. The van der Waals surface area contributed by atoms with Gasteiger partial charge in [0.05, 0.1) is 7.11 Å². The van der Waals surface area contributed by atoms with E-state index in [9.17, 15) is 0 Å². The van der Waals surface area contributed by atoms with Crippen LogP contribution in [-0.4, -0.2) is 12.1 Å². The van der Waals surface area contributed by atoms with Gasteiger partial charge >= 0.3 is 0 Å². The zero-order valence-corrected chi connectivity index (χ0v) is 9.22. The summed E-state index contributed by atoms with van der Waals surface area (Å²) in [5.41, 5.74) is 2.27. The normalized spacial score (nSPS) is 8.69. The lowest BCUT2D eigenvalue weighted by atomic mass is 10.1. The van der Waals surface area contributed by atoms with Crippen LogP contribution in [0.5, 0.6) is 5.75 Å². The molecule has 0 aromatic carbocycles. The van der Waals surface area contributed by atoms with Crippen molar-refractivity contribution in [1.29, 1.82) is 0 Å². The second-order valence-corrected chi connectivity index (χ2v) is 2.44. The highest BCUT2D eigenvalue weighted by molar-refractivity contribution is 5.34. The van der Waals surface area contributed by atoms with E-state index in [0.29, 0.717) is 0 Å². The largest absolute Gasteiger partial charge is 0.496 e. The molecule has 0 radical (unpaired) electrons. The van der Waals surface area contributed by atoms with Crippen LogP contribution >= 0.6 is 0 Å². The van der Waals surface area contributed by atoms with Gasteiger partial charge in [-0.05, 0) is 19.4 Å². The molecule has 0 spiro atoms. The molecule has 0 aliphatic rings. The van der Waals surface area contributed by atoms with E-state index in [0.717, 1.165) is 23.4 Å². The highest BCUT2D eigenvalue weighted by atomic mass is 16.5. The van der Waals surface area contributed by atoms with Crippen molar-refractivity contribution in [3.8, 4) is 5.75 Å². The zero-order chi connectivity index (χ0) is 10.3. The second kappa shape index (κ2) is 6.46. The van der Waals surface area contributed by atoms with Crippen LogP contribution in [0.15, 0.2) is 12.3 Å². The van der Waals surface area contributed by atoms with Gasteiger partial charge in [-0.3, -0.25) is 4.98 Å². The summed E-state index contributed by atoms with van der Waals surface area (Å²) in [6.07, 6.45) is 2.74. The van der Waals surface area contributed by atoms with E-state index in [1.807, 2.05) is 26.8 Å². The number of aromatic nitrogens is 1. The predicted molar refractivity (Wildman–Crippen MR) is 56.3 cm³/mol. The van der Waals surface area contributed by atoms with E-state index < -0.39 is 0 Å². The molecule has 0 amide bonds. The Bertz CT molecular complexity index is 224. The first-order valence-electron chi connectivity index (χ1n) is 4.78. The first-order valence-corrected chi connectivity index (χ1v) is 4.78. The summed E-state index contributed by atoms with van der Waals surface area (Å²) < 4.78 is 5.15. The number of rotatable bonds is 2. The van der Waals surface area contributed by atoms with Crippen LogP contribution in [0.1, 0.15) is 32.0 Å². The topological polar surface area (TPSA) is 22.1 Å². The van der Waals surface area contributed by atoms with Gasteiger partial charge < -0.3 is 4.74 Å². The van der Waals surface area contributed by atoms with Gasteiger partial charge in [-0.2, -0.15) is 0 Å². The molecule has 0 fully saturated rings. The molecule has 0 bridgehead atoms. The van der Waals surface area contributed by atoms with Gasteiger partial charge in [0, 0.05) is 17.5 Å². The molecule has 0 unspecified atom stereocenters. The summed E-state index contributed by atoms with van der Waals surface area (Å²) in [7, 11) is 1.68. The standard InChI is InChI=1S/C9H13NO.C2H6/c1-4-8-7(2)9(11-3)5-6-10-8;1-2/h5-6H,4H2,1-3H3;1-2H3. The SMILES string of the molecule is CC.CCc1nccc(OC)c1C. The van der Waals surface area contributed by atoms with Gasteiger partial charge in [-0.1, -0.05) is 20.8 Å². The van der Waals surface area contributed by atoms with Crippen LogP contribution < -0.4 is 4.74 Å². The maximum atomic E-state index is 5.15. The smallest absolute Gasteiger partial charge is 0.125 e. The minimum atomic E-state index is 0.928. The van der Waals surface area contributed by atoms with Crippen molar-refractivity contribution in [3.05, 3.63) is 23.5 Å². The summed E-state index contributed by atoms with van der Waals surface area (Å²) in [6.45, 7) is 8.12. The van der Waals surface area contributed by atoms with E-state index in [4.69, 9.17) is 4.74 Å². The third kappa shape index (κ3) is 3.05. The van der Waals surface area contributed by atoms with E-state index >= 15 is 0 Å². The van der Waals surface area contributed by atoms with E-state index in [1.165, 1.54) is 0 Å². The summed E-state index contributed by atoms with van der Waals surface area (Å²) in [4.78, 5) is 4.23. The van der Waals surface area contributed by atoms with Crippen LogP contribution in [-0.2, 0) is 6.42 Å². The highest BCUT2D eigenvalue weighted by Crippen LogP contribution is 2.18. The average Bonchev–Trinajstić information content (AvgIpc) is 2.21. The quantitative estimate of drug-likeness (QED) is 0.699. The molecule has 1 heterocycles. The second-order valence-electron chi connectivity index (χ2n) is 2.44. The lowest BCUT2D eigenvalue weighted by Crippen LogP contribution is -1.94. The van der Waals surface area contributed by atoms with Crippen molar-refractivity contribution in [1.82, 2.24) is 4.98 Å². The monoisotopic (exact) mass is 181 g/mol. The molecule has 0 aliphatic heterocycles. The van der Waals surface area contributed by atoms with Crippen molar-refractivity contribution in [3.63, 3.8) is 0 Å². The molecule has 0 N–H and O–H groups in total. The molecule has 0 aliphatic carbocycles. The Balaban J connectivity index is 0.000000671. The van der Waals surface area contributed by atoms with Crippen molar-refractivity contribution in [2.24, 2.45) is 0 Å². The molecule has 74 valence electrons. The summed E-state index contributed by atoms with van der Waals surface area (Å²) in [5, 5.41) is 0. The van der Waals surface area contributed by atoms with E-state index in [-0.39, 0.29) is 0 Å². The van der Waals surface area contributed by atoms with Gasteiger partial charge in [0.1, 0.15) is 5.75 Å². The first kappa shape index (κ1) is 11.9. The Morgan fingerprint density at radius 1 is 1.38 bits per heavy atom. The lowest BCUT2D eigenvalue weighted by molar-refractivity contribution is 0.410. The molecule has 1 rings (SSSR count). The van der Waals surface area contributed by atoms with Crippen LogP contribution in [0, 0.1) is 6.92 Å². The first-order chi connectivity index (χ1) is 6.29. The Morgan fingerprint density at radius 2 is 2.00 bits per heavy atom. The van der Waals surface area contributed by atoms with Crippen molar-refractivity contribution < 1.29 is 4.74 Å². The molecule has 0 saturated heterocycles. The highest BCUT2D eigenvalue weighted by Gasteiger charge is 2.01. The third-order valence-electron chi connectivity index (χ3n) is 1.81. The Morgan fingerprint density at radius 3 is 2.46 bits per heavy atom. The molecular weight excluding hydrogens is 162 g/mol. The molecule has 1 aromatic rings. The minimum absolute atomic E-state index is 0.928. The van der Waals surface area contributed by atoms with E-state index in [1.54, 1.807) is 13.3 Å². The molecule has 2 heteroatoms. The number of hydrogen-bond acceptors (Lipinski definition) is 2. The number of methoxy groups -OCH3 is 1. The fraction of sp³-hybridized carbons (Fsp3) is 0.545. The van der Waals surface area contributed by atoms with Gasteiger partial charge in [-0.25, -0.2) is 0 Å². The summed E-state index contributed by atoms with van der Waals surface area (Å²) in [5.74, 6) is 0.928. The van der Waals surface area contributed by atoms with Crippen molar-refractivity contribution in [2.45, 2.75) is 34.1 Å². The summed E-state index contributed by atoms with van der Waals surface area (Å²) in [6, 6.07) is 1.88.